The predicted molar refractivity (Wildman–Crippen MR) is 153 cm³/mol. The first-order valence-corrected chi connectivity index (χ1v) is 14.2. The Balaban J connectivity index is 0.00000189. The molecule has 1 unspecified atom stereocenters. The van der Waals surface area contributed by atoms with Crippen molar-refractivity contribution in [2.75, 3.05) is 20.2 Å². The summed E-state index contributed by atoms with van der Waals surface area (Å²) in [6, 6.07) is 13.0. The average molecular weight is 560 g/mol. The minimum absolute atomic E-state index is 0.0504. The number of nitrogens with zero attached hydrogens (tertiary/aromatic N) is 4. The van der Waals surface area contributed by atoms with Crippen LogP contribution in [0.25, 0.3) is 22.8 Å². The molecule has 41 heavy (non-hydrogen) atoms. The predicted octanol–water partition coefficient (Wildman–Crippen LogP) is 5.67. The molecule has 2 aromatic carbocycles. The van der Waals surface area contributed by atoms with E-state index in [2.05, 4.69) is 21.5 Å². The molecule has 1 aliphatic carbocycles. The molecule has 2 heterocycles. The highest BCUT2D eigenvalue weighted by molar-refractivity contribution is 5.77. The number of fused-ring (bicyclic) bond motifs is 1. The van der Waals surface area contributed by atoms with Crippen LogP contribution >= 0.6 is 0 Å². The molecule has 1 N–H and O–H groups in total. The Labute approximate surface area is 240 Å². The fraction of sp³-hybridized carbons (Fsp3) is 0.452. The monoisotopic (exact) mass is 559 g/mol. The third-order valence-corrected chi connectivity index (χ3v) is 7.26. The summed E-state index contributed by atoms with van der Waals surface area (Å²) in [5.41, 5.74) is 4.01. The zero-order valence-electron chi connectivity index (χ0n) is 24.3. The number of aromatic nitrogens is 2. The number of urea groups is 1. The summed E-state index contributed by atoms with van der Waals surface area (Å²) in [5, 5.41) is 16.9. The number of rotatable bonds is 6. The smallest absolute Gasteiger partial charge is 0.317 e. The van der Waals surface area contributed by atoms with E-state index in [1.807, 2.05) is 45.9 Å². The van der Waals surface area contributed by atoms with Crippen LogP contribution in [0, 0.1) is 17.2 Å². The van der Waals surface area contributed by atoms with Crippen LogP contribution in [-0.4, -0.2) is 53.3 Å². The van der Waals surface area contributed by atoms with Gasteiger partial charge in [-0.3, -0.25) is 4.79 Å². The molecule has 1 saturated heterocycles. The van der Waals surface area contributed by atoms with E-state index in [0.717, 1.165) is 29.5 Å². The minimum atomic E-state index is -0.209. The largest absolute Gasteiger partial charge is 0.490 e. The van der Waals surface area contributed by atoms with Gasteiger partial charge >= 0.3 is 12.0 Å². The highest BCUT2D eigenvalue weighted by Gasteiger charge is 2.32. The number of likely N-dealkylation sites (tertiary alicyclic amines) is 1. The van der Waals surface area contributed by atoms with Gasteiger partial charge in [0.15, 0.2) is 0 Å². The molecule has 10 nitrogen and oxygen atoms in total. The second-order valence-electron chi connectivity index (χ2n) is 10.1. The summed E-state index contributed by atoms with van der Waals surface area (Å²) in [4.78, 5) is 31.2. The summed E-state index contributed by atoms with van der Waals surface area (Å²) < 4.78 is 16.1. The van der Waals surface area contributed by atoms with E-state index in [1.165, 1.54) is 7.11 Å². The number of methoxy groups -OCH3 is 1. The number of amides is 2. The first kappa shape index (κ1) is 29.6. The van der Waals surface area contributed by atoms with Crippen molar-refractivity contribution in [1.82, 2.24) is 20.4 Å². The van der Waals surface area contributed by atoms with Crippen LogP contribution in [0.3, 0.4) is 0 Å². The van der Waals surface area contributed by atoms with Crippen molar-refractivity contribution in [3.8, 4) is 34.7 Å². The second-order valence-corrected chi connectivity index (χ2v) is 10.1. The van der Waals surface area contributed by atoms with Gasteiger partial charge in [-0.05, 0) is 68.9 Å². The lowest BCUT2D eigenvalue weighted by Gasteiger charge is -2.31. The molecule has 216 valence electrons. The summed E-state index contributed by atoms with van der Waals surface area (Å²) in [6.45, 7) is 8.86. The van der Waals surface area contributed by atoms with Gasteiger partial charge in [-0.1, -0.05) is 37.2 Å². The number of piperidine rings is 1. The number of ether oxygens (including phenoxy) is 2. The van der Waals surface area contributed by atoms with Crippen LogP contribution < -0.4 is 10.1 Å². The van der Waals surface area contributed by atoms with Gasteiger partial charge in [-0.15, -0.1) is 0 Å². The Morgan fingerprint density at radius 3 is 2.59 bits per heavy atom. The summed E-state index contributed by atoms with van der Waals surface area (Å²) >= 11 is 0. The van der Waals surface area contributed by atoms with Crippen molar-refractivity contribution in [2.45, 2.75) is 65.5 Å². The van der Waals surface area contributed by atoms with Gasteiger partial charge in [0.25, 0.3) is 5.89 Å². The van der Waals surface area contributed by atoms with Crippen LogP contribution in [-0.2, 0) is 16.0 Å². The lowest BCUT2D eigenvalue weighted by atomic mass is 9.97. The highest BCUT2D eigenvalue weighted by atomic mass is 16.5. The molecular formula is C31H37N5O5. The molecule has 1 aromatic heterocycles. The number of nitriles is 1. The van der Waals surface area contributed by atoms with Gasteiger partial charge in [0.1, 0.15) is 11.8 Å². The van der Waals surface area contributed by atoms with Crippen molar-refractivity contribution < 1.29 is 23.6 Å². The molecule has 0 bridgehead atoms. The molecule has 3 aromatic rings. The number of hydrogen-bond donors (Lipinski definition) is 1. The van der Waals surface area contributed by atoms with Crippen molar-refractivity contribution in [3.63, 3.8) is 0 Å². The molecule has 1 fully saturated rings. The van der Waals surface area contributed by atoms with Gasteiger partial charge < -0.3 is 24.2 Å². The standard InChI is InChI=1S/C29H31N5O5.C2H6/c1-17(2)38-25-10-7-19(15-20(25)16-30)27-32-26(33-39-27)23-6-4-5-22-21(23)8-9-24(22)31-29(36)34-13-11-18(12-14-34)28(35)37-3;1-2/h4-7,10,15,17-18,24H,8-9,11-14H2,1-3H3,(H,31,36);1-2H3. The van der Waals surface area contributed by atoms with Crippen molar-refractivity contribution >= 4 is 12.0 Å². The molecular weight excluding hydrogens is 522 g/mol. The molecule has 0 radical (unpaired) electrons. The van der Waals surface area contributed by atoms with Crippen molar-refractivity contribution in [1.29, 1.82) is 5.26 Å². The maximum atomic E-state index is 13.0. The van der Waals surface area contributed by atoms with Crippen LogP contribution in [0.2, 0.25) is 0 Å². The number of carbonyl (C=O) groups is 2. The Kier molecular flexibility index (Phi) is 9.61. The first-order chi connectivity index (χ1) is 19.9. The van der Waals surface area contributed by atoms with E-state index in [1.54, 1.807) is 23.1 Å². The van der Waals surface area contributed by atoms with E-state index >= 15 is 0 Å². The zero-order valence-corrected chi connectivity index (χ0v) is 24.3. The SMILES string of the molecule is CC.COC(=O)C1CCN(C(=O)NC2CCc3c(-c4noc(-c5ccc(OC(C)C)c(C#N)c5)n4)cccc32)CC1. The molecule has 2 aliphatic rings. The molecule has 0 spiro atoms. The lowest BCUT2D eigenvalue weighted by molar-refractivity contribution is -0.146. The third-order valence-electron chi connectivity index (χ3n) is 7.26. The van der Waals surface area contributed by atoms with Gasteiger partial charge in [0.05, 0.1) is 30.7 Å². The molecule has 5 rings (SSSR count). The van der Waals surface area contributed by atoms with E-state index < -0.39 is 0 Å². The quantitative estimate of drug-likeness (QED) is 0.382. The maximum absolute atomic E-state index is 13.0. The lowest BCUT2D eigenvalue weighted by Crippen LogP contribution is -2.46. The molecule has 1 atom stereocenters. The summed E-state index contributed by atoms with van der Waals surface area (Å²) in [7, 11) is 1.40. The number of esters is 1. The van der Waals surface area contributed by atoms with Crippen molar-refractivity contribution in [3.05, 3.63) is 53.1 Å². The van der Waals surface area contributed by atoms with Crippen molar-refractivity contribution in [2.24, 2.45) is 5.92 Å². The number of hydrogen-bond acceptors (Lipinski definition) is 8. The van der Waals surface area contributed by atoms with Crippen LogP contribution in [0.5, 0.6) is 5.75 Å². The Morgan fingerprint density at radius 1 is 1.15 bits per heavy atom. The van der Waals surface area contributed by atoms with Gasteiger partial charge in [0, 0.05) is 24.2 Å². The normalized spacial score (nSPS) is 16.3. The van der Waals surface area contributed by atoms with E-state index in [-0.39, 0.29) is 30.1 Å². The van der Waals surface area contributed by atoms with E-state index in [0.29, 0.717) is 54.5 Å². The van der Waals surface area contributed by atoms with E-state index in [4.69, 9.17) is 14.0 Å². The Morgan fingerprint density at radius 2 is 1.90 bits per heavy atom. The fourth-order valence-electron chi connectivity index (χ4n) is 5.30. The molecule has 2 amide bonds. The number of carbonyl (C=O) groups excluding carboxylic acids is 2. The van der Waals surface area contributed by atoms with Gasteiger partial charge in [-0.25, -0.2) is 4.79 Å². The van der Waals surface area contributed by atoms with Gasteiger partial charge in [-0.2, -0.15) is 10.2 Å². The third kappa shape index (κ3) is 6.51. The second kappa shape index (κ2) is 13.3. The molecule has 0 saturated carbocycles. The highest BCUT2D eigenvalue weighted by Crippen LogP contribution is 2.38. The minimum Gasteiger partial charge on any atom is -0.490 e. The summed E-state index contributed by atoms with van der Waals surface area (Å²) in [6.07, 6.45) is 2.70. The molecule has 1 aliphatic heterocycles. The maximum Gasteiger partial charge on any atom is 0.317 e. The first-order valence-electron chi connectivity index (χ1n) is 14.2. The van der Waals surface area contributed by atoms with Gasteiger partial charge in [0.2, 0.25) is 5.82 Å². The fourth-order valence-corrected chi connectivity index (χ4v) is 5.30. The average Bonchev–Trinajstić information content (AvgIpc) is 3.66. The zero-order chi connectivity index (χ0) is 29.5. The Hall–Kier alpha value is -4.39. The topological polar surface area (TPSA) is 131 Å². The summed E-state index contributed by atoms with van der Waals surface area (Å²) in [5.74, 6) is 0.928. The molecule has 10 heteroatoms. The Bertz CT molecular complexity index is 1420. The van der Waals surface area contributed by atoms with Crippen LogP contribution in [0.15, 0.2) is 40.9 Å². The van der Waals surface area contributed by atoms with Crippen LogP contribution in [0.4, 0.5) is 4.79 Å². The number of nitrogens with one attached hydrogen (secondary N) is 1. The van der Waals surface area contributed by atoms with E-state index in [9.17, 15) is 14.9 Å². The number of benzene rings is 2. The van der Waals surface area contributed by atoms with Crippen LogP contribution in [0.1, 0.15) is 69.7 Å².